The molecule has 0 aliphatic carbocycles. The van der Waals surface area contributed by atoms with Crippen molar-refractivity contribution in [3.63, 3.8) is 0 Å². The molecular weight excluding hydrogens is 302 g/mol. The first-order chi connectivity index (χ1) is 11.6. The van der Waals surface area contributed by atoms with Crippen molar-refractivity contribution in [2.45, 2.75) is 33.5 Å². The van der Waals surface area contributed by atoms with Gasteiger partial charge in [-0.3, -0.25) is 4.79 Å². The summed E-state index contributed by atoms with van der Waals surface area (Å²) in [5, 5.41) is 2.83. The Morgan fingerprint density at radius 3 is 2.62 bits per heavy atom. The van der Waals surface area contributed by atoms with Crippen molar-refractivity contribution >= 4 is 5.91 Å². The largest absolute Gasteiger partial charge is 0.481 e. The minimum Gasteiger partial charge on any atom is -0.481 e. The molecule has 1 atom stereocenters. The van der Waals surface area contributed by atoms with Crippen LogP contribution in [0.2, 0.25) is 0 Å². The van der Waals surface area contributed by atoms with E-state index in [0.29, 0.717) is 19.8 Å². The normalized spacial score (nSPS) is 11.8. The summed E-state index contributed by atoms with van der Waals surface area (Å²) >= 11 is 0. The van der Waals surface area contributed by atoms with Crippen molar-refractivity contribution in [1.29, 1.82) is 0 Å². The fraction of sp³-hybridized carbons (Fsp3) is 0.350. The molecule has 0 aliphatic rings. The molecule has 0 heterocycles. The minimum absolute atomic E-state index is 0.140. The van der Waals surface area contributed by atoms with Gasteiger partial charge in [0.25, 0.3) is 5.91 Å². The summed E-state index contributed by atoms with van der Waals surface area (Å²) < 4.78 is 11.3. The highest BCUT2D eigenvalue weighted by molar-refractivity contribution is 5.80. The second kappa shape index (κ2) is 9.08. The van der Waals surface area contributed by atoms with Crippen LogP contribution < -0.4 is 10.1 Å². The van der Waals surface area contributed by atoms with E-state index in [0.717, 1.165) is 22.4 Å². The van der Waals surface area contributed by atoms with Gasteiger partial charge in [-0.25, -0.2) is 0 Å². The number of carbonyl (C=O) groups excluding carboxylic acids is 1. The summed E-state index contributed by atoms with van der Waals surface area (Å²) in [5.74, 6) is 0.609. The molecule has 0 bridgehead atoms. The monoisotopic (exact) mass is 327 g/mol. The lowest BCUT2D eigenvalue weighted by molar-refractivity contribution is -0.127. The number of amides is 1. The molecule has 4 nitrogen and oxygen atoms in total. The average molecular weight is 327 g/mol. The highest BCUT2D eigenvalue weighted by Gasteiger charge is 2.15. The van der Waals surface area contributed by atoms with E-state index in [1.54, 1.807) is 6.92 Å². The van der Waals surface area contributed by atoms with E-state index in [9.17, 15) is 4.79 Å². The Bertz CT molecular complexity index is 655. The van der Waals surface area contributed by atoms with Crippen LogP contribution in [0.5, 0.6) is 5.75 Å². The predicted octanol–water partition coefficient (Wildman–Crippen LogP) is 3.40. The van der Waals surface area contributed by atoms with E-state index >= 15 is 0 Å². The van der Waals surface area contributed by atoms with Crippen molar-refractivity contribution in [2.24, 2.45) is 0 Å². The number of aryl methyl sites for hydroxylation is 2. The number of hydrogen-bond acceptors (Lipinski definition) is 3. The second-order valence-corrected chi connectivity index (χ2v) is 5.86. The first-order valence-electron chi connectivity index (χ1n) is 8.19. The maximum Gasteiger partial charge on any atom is 0.260 e. The summed E-state index contributed by atoms with van der Waals surface area (Å²) in [6.45, 7) is 7.20. The van der Waals surface area contributed by atoms with Crippen molar-refractivity contribution in [3.8, 4) is 5.75 Å². The molecule has 1 unspecified atom stereocenters. The molecule has 2 aromatic rings. The summed E-state index contributed by atoms with van der Waals surface area (Å²) in [4.78, 5) is 12.1. The molecule has 2 aromatic carbocycles. The van der Waals surface area contributed by atoms with Gasteiger partial charge in [0.05, 0.1) is 13.2 Å². The van der Waals surface area contributed by atoms with Crippen LogP contribution in [0.25, 0.3) is 0 Å². The number of hydrogen-bond donors (Lipinski definition) is 1. The predicted molar refractivity (Wildman–Crippen MR) is 95.1 cm³/mol. The Morgan fingerprint density at radius 2 is 1.88 bits per heavy atom. The lowest BCUT2D eigenvalue weighted by Gasteiger charge is -2.16. The molecule has 4 heteroatoms. The number of ether oxygens (including phenoxy) is 2. The van der Waals surface area contributed by atoms with E-state index in [2.05, 4.69) is 5.32 Å². The summed E-state index contributed by atoms with van der Waals surface area (Å²) in [6, 6.07) is 15.9. The SMILES string of the molecule is Cc1ccc(C)c(OC(C)C(=O)NCCOCc2ccccc2)c1. The Balaban J connectivity index is 1.69. The van der Waals surface area contributed by atoms with Gasteiger partial charge in [-0.05, 0) is 43.5 Å². The van der Waals surface area contributed by atoms with Crippen LogP contribution in [0.4, 0.5) is 0 Å². The molecule has 1 amide bonds. The quantitative estimate of drug-likeness (QED) is 0.756. The average Bonchev–Trinajstić information content (AvgIpc) is 2.58. The van der Waals surface area contributed by atoms with Gasteiger partial charge in [-0.2, -0.15) is 0 Å². The first kappa shape index (κ1) is 18.0. The third kappa shape index (κ3) is 5.70. The number of nitrogens with one attached hydrogen (secondary N) is 1. The molecule has 0 fully saturated rings. The Morgan fingerprint density at radius 1 is 1.12 bits per heavy atom. The zero-order chi connectivity index (χ0) is 17.4. The zero-order valence-corrected chi connectivity index (χ0v) is 14.5. The molecule has 0 radical (unpaired) electrons. The van der Waals surface area contributed by atoms with Gasteiger partial charge in [0.15, 0.2) is 6.10 Å². The number of carbonyl (C=O) groups is 1. The van der Waals surface area contributed by atoms with Crippen LogP contribution in [0.3, 0.4) is 0 Å². The Hall–Kier alpha value is -2.33. The van der Waals surface area contributed by atoms with Crippen molar-refractivity contribution in [3.05, 3.63) is 65.2 Å². The third-order valence-corrected chi connectivity index (χ3v) is 3.67. The number of benzene rings is 2. The van der Waals surface area contributed by atoms with E-state index < -0.39 is 6.10 Å². The van der Waals surface area contributed by atoms with Gasteiger partial charge in [0.1, 0.15) is 5.75 Å². The fourth-order valence-corrected chi connectivity index (χ4v) is 2.23. The summed E-state index contributed by atoms with van der Waals surface area (Å²) in [6.07, 6.45) is -0.542. The van der Waals surface area contributed by atoms with E-state index in [1.165, 1.54) is 0 Å². The molecule has 128 valence electrons. The van der Waals surface area contributed by atoms with Gasteiger partial charge in [0, 0.05) is 6.54 Å². The summed E-state index contributed by atoms with van der Waals surface area (Å²) in [5.41, 5.74) is 3.25. The van der Waals surface area contributed by atoms with Crippen LogP contribution in [0, 0.1) is 13.8 Å². The summed E-state index contributed by atoms with van der Waals surface area (Å²) in [7, 11) is 0. The smallest absolute Gasteiger partial charge is 0.260 e. The van der Waals surface area contributed by atoms with Crippen LogP contribution in [0.15, 0.2) is 48.5 Å². The third-order valence-electron chi connectivity index (χ3n) is 3.67. The van der Waals surface area contributed by atoms with E-state index in [4.69, 9.17) is 9.47 Å². The molecule has 24 heavy (non-hydrogen) atoms. The highest BCUT2D eigenvalue weighted by Crippen LogP contribution is 2.20. The molecule has 0 spiro atoms. The van der Waals surface area contributed by atoms with Crippen molar-refractivity contribution in [1.82, 2.24) is 5.32 Å². The Kier molecular flexibility index (Phi) is 6.82. The topological polar surface area (TPSA) is 47.6 Å². The lowest BCUT2D eigenvalue weighted by Crippen LogP contribution is -2.38. The van der Waals surface area contributed by atoms with E-state index in [1.807, 2.05) is 62.4 Å². The van der Waals surface area contributed by atoms with Crippen LogP contribution in [0.1, 0.15) is 23.6 Å². The lowest BCUT2D eigenvalue weighted by atomic mass is 10.1. The standard InChI is InChI=1S/C20H25NO3/c1-15-9-10-16(2)19(13-15)24-17(3)20(22)21-11-12-23-14-18-7-5-4-6-8-18/h4-10,13,17H,11-12,14H2,1-3H3,(H,21,22). The molecule has 2 rings (SSSR count). The first-order valence-corrected chi connectivity index (χ1v) is 8.19. The maximum absolute atomic E-state index is 12.1. The van der Waals surface area contributed by atoms with Gasteiger partial charge in [-0.15, -0.1) is 0 Å². The fourth-order valence-electron chi connectivity index (χ4n) is 2.23. The second-order valence-electron chi connectivity index (χ2n) is 5.86. The van der Waals surface area contributed by atoms with Crippen molar-refractivity contribution in [2.75, 3.05) is 13.2 Å². The van der Waals surface area contributed by atoms with Crippen LogP contribution in [-0.4, -0.2) is 25.2 Å². The van der Waals surface area contributed by atoms with Gasteiger partial charge >= 0.3 is 0 Å². The van der Waals surface area contributed by atoms with Crippen LogP contribution >= 0.6 is 0 Å². The molecule has 0 aromatic heterocycles. The maximum atomic E-state index is 12.1. The highest BCUT2D eigenvalue weighted by atomic mass is 16.5. The number of rotatable bonds is 8. The van der Waals surface area contributed by atoms with Crippen LogP contribution in [-0.2, 0) is 16.1 Å². The molecular formula is C20H25NO3. The van der Waals surface area contributed by atoms with E-state index in [-0.39, 0.29) is 5.91 Å². The Labute approximate surface area is 143 Å². The van der Waals surface area contributed by atoms with Crippen molar-refractivity contribution < 1.29 is 14.3 Å². The molecule has 0 saturated carbocycles. The minimum atomic E-state index is -0.542. The van der Waals surface area contributed by atoms with Gasteiger partial charge in [-0.1, -0.05) is 42.5 Å². The zero-order valence-electron chi connectivity index (χ0n) is 14.5. The molecule has 0 saturated heterocycles. The molecule has 0 aliphatic heterocycles. The van der Waals surface area contributed by atoms with Gasteiger partial charge < -0.3 is 14.8 Å². The molecule has 1 N–H and O–H groups in total. The van der Waals surface area contributed by atoms with Gasteiger partial charge in [0.2, 0.25) is 0 Å².